The van der Waals surface area contributed by atoms with Crippen LogP contribution in [0.5, 0.6) is 0 Å². The Hall–Kier alpha value is -4.80. The summed E-state index contributed by atoms with van der Waals surface area (Å²) >= 11 is 1.84. The molecule has 214 valence electrons. The highest BCUT2D eigenvalue weighted by Gasteiger charge is 3.20. The highest BCUT2D eigenvalue weighted by molar-refractivity contribution is 7.20. The van der Waals surface area contributed by atoms with Crippen LogP contribution in [-0.4, -0.2) is 9.97 Å². The molecule has 45 heavy (non-hydrogen) atoms. The van der Waals surface area contributed by atoms with Crippen molar-refractivity contribution in [1.82, 2.24) is 9.97 Å². The third kappa shape index (κ3) is 2.68. The van der Waals surface area contributed by atoms with Gasteiger partial charge in [0.15, 0.2) is 0 Å². The quantitative estimate of drug-likeness (QED) is 0.198. The van der Waals surface area contributed by atoms with E-state index in [0.29, 0.717) is 28.1 Å². The van der Waals surface area contributed by atoms with Gasteiger partial charge in [0.25, 0.3) is 0 Å². The van der Waals surface area contributed by atoms with Gasteiger partial charge in [-0.3, -0.25) is 0 Å². The van der Waals surface area contributed by atoms with Crippen molar-refractivity contribution in [1.29, 1.82) is 0 Å². The van der Waals surface area contributed by atoms with Gasteiger partial charge in [0.2, 0.25) is 0 Å². The molecule has 1 spiro atoms. The van der Waals surface area contributed by atoms with Gasteiger partial charge in [0.05, 0.1) is 21.1 Å². The lowest BCUT2D eigenvalue weighted by atomic mass is 9.82. The lowest BCUT2D eigenvalue weighted by Gasteiger charge is -2.25. The zero-order valence-electron chi connectivity index (χ0n) is 25.0. The molecule has 4 unspecified atom stereocenters. The van der Waals surface area contributed by atoms with Crippen molar-refractivity contribution in [3.8, 4) is 20.9 Å². The second-order valence-corrected chi connectivity index (χ2v) is 14.7. The molecule has 3 fully saturated rings. The molecular weight excluding hydrogens is 567 g/mol. The Bertz CT molecular complexity index is 2340. The summed E-state index contributed by atoms with van der Waals surface area (Å²) in [7, 11) is 0. The Morgan fingerprint density at radius 2 is 1.02 bits per heavy atom. The minimum Gasteiger partial charge on any atom is -0.311 e. The number of anilines is 3. The molecule has 5 atom stereocenters. The molecule has 4 heteroatoms. The number of para-hydroxylation sites is 2. The van der Waals surface area contributed by atoms with Crippen molar-refractivity contribution in [2.24, 2.45) is 16.2 Å². The van der Waals surface area contributed by atoms with E-state index < -0.39 is 0 Å². The molecule has 3 saturated carbocycles. The number of fused-ring (bicyclic) bond motifs is 8. The number of rotatable bonds is 5. The fourth-order valence-electron chi connectivity index (χ4n) is 10.0. The molecule has 0 bridgehead atoms. The molecule has 0 amide bonds. The second kappa shape index (κ2) is 7.88. The van der Waals surface area contributed by atoms with Crippen LogP contribution in [0.1, 0.15) is 37.1 Å². The molecule has 11 rings (SSSR count). The molecule has 0 radical (unpaired) electrons. The Morgan fingerprint density at radius 1 is 0.533 bits per heavy atom. The van der Waals surface area contributed by atoms with Gasteiger partial charge >= 0.3 is 0 Å². The number of hydrogen-bond acceptors (Lipinski definition) is 4. The van der Waals surface area contributed by atoms with E-state index in [-0.39, 0.29) is 0 Å². The van der Waals surface area contributed by atoms with E-state index in [4.69, 9.17) is 9.97 Å². The van der Waals surface area contributed by atoms with Gasteiger partial charge in [-0.2, -0.15) is 0 Å². The van der Waals surface area contributed by atoms with Gasteiger partial charge in [-0.15, -0.1) is 11.3 Å². The van der Waals surface area contributed by atoms with E-state index in [1.165, 1.54) is 43.0 Å². The molecule has 0 N–H and O–H groups in total. The van der Waals surface area contributed by atoms with E-state index in [0.717, 1.165) is 28.1 Å². The van der Waals surface area contributed by atoms with Crippen molar-refractivity contribution in [2.45, 2.75) is 25.7 Å². The van der Waals surface area contributed by atoms with Gasteiger partial charge in [0, 0.05) is 34.3 Å². The number of benzene rings is 5. The summed E-state index contributed by atoms with van der Waals surface area (Å²) in [4.78, 5) is 15.8. The minimum atomic E-state index is 0.470. The Balaban J connectivity index is 1.07. The van der Waals surface area contributed by atoms with Crippen LogP contribution in [0.15, 0.2) is 127 Å². The van der Waals surface area contributed by atoms with Crippen LogP contribution < -0.4 is 4.90 Å². The van der Waals surface area contributed by atoms with Crippen LogP contribution in [0.4, 0.5) is 17.1 Å². The summed E-state index contributed by atoms with van der Waals surface area (Å²) < 4.78 is 0. The standard InChI is InChI=1S/C41H29N3S/c1-39-37-33-34(38-40(39,2)41(37,38)39)43-32-31(42-33)35(45-36(32)27-18-17-24-11-9-10-12-26(24)23-27)25-19-21-30(22-20-25)44(28-13-5-3-6-14-28)29-15-7-4-8-16-29/h3-23,37-38H,1-2H3/t37?,38?,39-,40?,41?/m1/s1. The van der Waals surface area contributed by atoms with Gasteiger partial charge < -0.3 is 4.90 Å². The van der Waals surface area contributed by atoms with E-state index in [1.807, 2.05) is 11.3 Å². The predicted molar refractivity (Wildman–Crippen MR) is 185 cm³/mol. The predicted octanol–water partition coefficient (Wildman–Crippen LogP) is 10.9. The van der Waals surface area contributed by atoms with Crippen LogP contribution in [0.3, 0.4) is 0 Å². The molecule has 5 aromatic carbocycles. The lowest BCUT2D eigenvalue weighted by molar-refractivity contribution is 0.372. The highest BCUT2D eigenvalue weighted by Crippen LogP contribution is 3.24. The third-order valence-corrected chi connectivity index (χ3v) is 13.5. The van der Waals surface area contributed by atoms with E-state index in [2.05, 4.69) is 146 Å². The third-order valence-electron chi connectivity index (χ3n) is 12.2. The molecule has 2 aromatic heterocycles. The summed E-state index contributed by atoms with van der Waals surface area (Å²) in [6, 6.07) is 45.6. The zero-order chi connectivity index (χ0) is 29.7. The summed E-state index contributed by atoms with van der Waals surface area (Å²) in [5, 5.41) is 2.51. The summed E-state index contributed by atoms with van der Waals surface area (Å²) in [6.45, 7) is 4.98. The first-order chi connectivity index (χ1) is 22.1. The lowest BCUT2D eigenvalue weighted by Crippen LogP contribution is -2.19. The molecular formula is C41H29N3S. The van der Waals surface area contributed by atoms with Gasteiger partial charge in [0.1, 0.15) is 11.0 Å². The maximum atomic E-state index is 5.52. The number of aromatic nitrogens is 2. The summed E-state index contributed by atoms with van der Waals surface area (Å²) in [5.41, 5.74) is 12.0. The summed E-state index contributed by atoms with van der Waals surface area (Å²) in [5.74, 6) is 1.22. The van der Waals surface area contributed by atoms with Crippen molar-refractivity contribution < 1.29 is 0 Å². The number of thiophene rings is 1. The molecule has 3 nitrogen and oxygen atoms in total. The molecule has 7 aromatic rings. The Morgan fingerprint density at radius 3 is 1.62 bits per heavy atom. The van der Waals surface area contributed by atoms with Crippen molar-refractivity contribution in [3.05, 3.63) is 139 Å². The van der Waals surface area contributed by atoms with E-state index in [1.54, 1.807) is 0 Å². The smallest absolute Gasteiger partial charge is 0.108 e. The van der Waals surface area contributed by atoms with Crippen LogP contribution in [0.2, 0.25) is 0 Å². The van der Waals surface area contributed by atoms with Crippen LogP contribution in [-0.2, 0) is 0 Å². The SMILES string of the molecule is CC12C3c4nc5c(-c6ccc7ccccc7c6)sc(-c6ccc(N(c7ccccc7)c7ccccc7)cc6)c5nc4C4C31[C@]42C. The second-order valence-electron chi connectivity index (χ2n) is 13.7. The topological polar surface area (TPSA) is 29.0 Å². The monoisotopic (exact) mass is 595 g/mol. The fourth-order valence-corrected chi connectivity index (χ4v) is 11.2. The van der Waals surface area contributed by atoms with E-state index >= 15 is 0 Å². The fraction of sp³-hybridized carbons (Fsp3) is 0.171. The normalized spacial score (nSPS) is 27.6. The van der Waals surface area contributed by atoms with Crippen LogP contribution in [0, 0.1) is 16.2 Å². The molecule has 2 heterocycles. The maximum Gasteiger partial charge on any atom is 0.108 e. The van der Waals surface area contributed by atoms with Crippen LogP contribution in [0.25, 0.3) is 42.7 Å². The number of hydrogen-bond donors (Lipinski definition) is 0. The van der Waals surface area contributed by atoms with Gasteiger partial charge in [-0.1, -0.05) is 98.8 Å². The van der Waals surface area contributed by atoms with Crippen molar-refractivity contribution >= 4 is 50.2 Å². The highest BCUT2D eigenvalue weighted by atomic mass is 32.1. The number of nitrogens with zero attached hydrogens (tertiary/aromatic N) is 3. The van der Waals surface area contributed by atoms with Gasteiger partial charge in [-0.25, -0.2) is 9.97 Å². The molecule has 0 saturated heterocycles. The first kappa shape index (κ1) is 24.5. The largest absolute Gasteiger partial charge is 0.311 e. The first-order valence-electron chi connectivity index (χ1n) is 15.9. The van der Waals surface area contributed by atoms with E-state index in [9.17, 15) is 0 Å². The Labute approximate surface area is 265 Å². The Kier molecular flexibility index (Phi) is 4.29. The van der Waals surface area contributed by atoms with Crippen molar-refractivity contribution in [2.75, 3.05) is 4.90 Å². The maximum absolute atomic E-state index is 5.52. The first-order valence-corrected chi connectivity index (χ1v) is 16.7. The molecule has 0 aliphatic heterocycles. The molecule has 4 aliphatic carbocycles. The summed E-state index contributed by atoms with van der Waals surface area (Å²) in [6.07, 6.45) is 0. The average molecular weight is 596 g/mol. The average Bonchev–Trinajstić information content (AvgIpc) is 3.83. The van der Waals surface area contributed by atoms with Crippen molar-refractivity contribution in [3.63, 3.8) is 0 Å². The molecule has 4 aliphatic rings. The zero-order valence-corrected chi connectivity index (χ0v) is 25.8. The van der Waals surface area contributed by atoms with Crippen LogP contribution >= 0.6 is 11.3 Å². The van der Waals surface area contributed by atoms with Gasteiger partial charge in [-0.05, 0) is 75.2 Å². The minimum absolute atomic E-state index is 0.470.